The van der Waals surface area contributed by atoms with Crippen LogP contribution in [0.15, 0.2) is 18.2 Å². The number of ketones is 1. The third-order valence-corrected chi connectivity index (χ3v) is 15.4. The number of rotatable bonds is 11. The zero-order chi connectivity index (χ0) is 47.9. The molecule has 5 fully saturated rings. The predicted octanol–water partition coefficient (Wildman–Crippen LogP) is 7.30. The van der Waals surface area contributed by atoms with E-state index in [4.69, 9.17) is 56.4 Å². The largest absolute Gasteiger partial charge is 0.458 e. The van der Waals surface area contributed by atoms with Crippen molar-refractivity contribution in [1.29, 1.82) is 0 Å². The van der Waals surface area contributed by atoms with Gasteiger partial charge in [0.1, 0.15) is 30.7 Å². The van der Waals surface area contributed by atoms with Crippen LogP contribution in [0.1, 0.15) is 100.0 Å². The van der Waals surface area contributed by atoms with E-state index < -0.39 is 102 Å². The molecule has 1 aromatic rings. The Morgan fingerprint density at radius 1 is 1.00 bits per heavy atom. The van der Waals surface area contributed by atoms with E-state index in [0.29, 0.717) is 28.8 Å². The van der Waals surface area contributed by atoms with Crippen molar-refractivity contribution in [3.8, 4) is 0 Å². The van der Waals surface area contributed by atoms with Gasteiger partial charge in [0.2, 0.25) is 0 Å². The Morgan fingerprint density at radius 2 is 1.69 bits per heavy atom. The zero-order valence-electron chi connectivity index (χ0n) is 39.6. The molecule has 3 amide bonds. The first kappa shape index (κ1) is 51.1. The van der Waals surface area contributed by atoms with Crippen LogP contribution in [0, 0.1) is 29.6 Å². The Labute approximate surface area is 393 Å². The summed E-state index contributed by atoms with van der Waals surface area (Å²) in [6.07, 6.45) is -5.38. The maximum atomic E-state index is 15.0. The van der Waals surface area contributed by atoms with Crippen LogP contribution in [0.25, 0.3) is 0 Å². The summed E-state index contributed by atoms with van der Waals surface area (Å²) in [6, 6.07) is 3.33. The number of likely N-dealkylation sites (N-methyl/N-ethyl adjacent to an activating group) is 1. The third kappa shape index (κ3) is 10.7. The minimum Gasteiger partial charge on any atom is -0.458 e. The standard InChI is InChI=1S/C47H69Cl2N3O13/c1-12-35-47(9)39(51(43(56)65-47)18-17-30-15-16-32(48)33(49)20-30)27(5)36(53)24(2)21-46(8,59-11)40(64-42-37(54)34(19-26(4)61-42)50(10)22-31-13-14-31)28(6)38(29(7)41(55)62-35)63-45(58)52-25(3)23-60-44(52)57/h15-16,20,24-29,31,34-35,37-40,42,54H,12-14,17-19,21-23H2,1-11H3/t24-,25+,26-,27-,28+,29-,34+,35+,37-,38-,39-,40-,42+,46+,47-/m1/s1. The lowest BCUT2D eigenvalue weighted by atomic mass is 9.73. The number of fused-ring (bicyclic) bond motifs is 1. The van der Waals surface area contributed by atoms with Crippen molar-refractivity contribution in [2.45, 2.75) is 167 Å². The SMILES string of the molecule is CC[C@@H]1OC(=O)[C@H](C)[C@H](OC(=O)N2C(=O)OC[C@@H]2C)[C@H](C)[C@@H](O[C@@H]2O[C@H](C)C[C@H](N(C)CC3CC3)[C@H]2O)[C@@](C)(OC)C[C@@H](C)C(=O)[C@@H](C)[C@H]2N(CCc3ccc(Cl)c(Cl)c3)C(=O)O[C@]12C. The summed E-state index contributed by atoms with van der Waals surface area (Å²) < 4.78 is 43.6. The lowest BCUT2D eigenvalue weighted by molar-refractivity contribution is -0.302. The van der Waals surface area contributed by atoms with Gasteiger partial charge < -0.3 is 43.2 Å². The fourth-order valence-corrected chi connectivity index (χ4v) is 11.0. The normalized spacial score (nSPS) is 38.5. The summed E-state index contributed by atoms with van der Waals surface area (Å²) in [4.78, 5) is 75.2. The Kier molecular flexibility index (Phi) is 16.2. The van der Waals surface area contributed by atoms with E-state index in [2.05, 4.69) is 4.90 Å². The molecule has 0 radical (unpaired) electrons. The van der Waals surface area contributed by atoms with Crippen molar-refractivity contribution in [1.82, 2.24) is 14.7 Å². The molecule has 15 atom stereocenters. The number of halogens is 2. The van der Waals surface area contributed by atoms with E-state index in [-0.39, 0.29) is 43.9 Å². The number of benzene rings is 1. The number of hydrogen-bond acceptors (Lipinski definition) is 14. The molecule has 0 aromatic heterocycles. The van der Waals surface area contributed by atoms with Crippen LogP contribution >= 0.6 is 23.2 Å². The van der Waals surface area contributed by atoms with E-state index >= 15 is 4.79 Å². The number of ether oxygens (including phenoxy) is 7. The van der Waals surface area contributed by atoms with Crippen molar-refractivity contribution in [2.24, 2.45) is 29.6 Å². The summed E-state index contributed by atoms with van der Waals surface area (Å²) in [5.74, 6) is -4.19. The van der Waals surface area contributed by atoms with E-state index in [1.54, 1.807) is 67.5 Å². The van der Waals surface area contributed by atoms with E-state index in [9.17, 15) is 24.3 Å². The smallest absolute Gasteiger partial charge is 0.419 e. The Bertz CT molecular complexity index is 1920. The van der Waals surface area contributed by atoms with Gasteiger partial charge in [-0.25, -0.2) is 19.3 Å². The highest BCUT2D eigenvalue weighted by atomic mass is 35.5. The molecule has 364 valence electrons. The lowest BCUT2D eigenvalue weighted by Gasteiger charge is -2.48. The van der Waals surface area contributed by atoms with Gasteiger partial charge in [-0.15, -0.1) is 0 Å². The molecule has 1 saturated carbocycles. The van der Waals surface area contributed by atoms with Crippen LogP contribution in [0.3, 0.4) is 0 Å². The molecule has 6 rings (SSSR count). The molecular formula is C47H69Cl2N3O13. The van der Waals surface area contributed by atoms with Crippen LogP contribution in [-0.2, 0) is 49.2 Å². The highest BCUT2D eigenvalue weighted by molar-refractivity contribution is 6.42. The van der Waals surface area contributed by atoms with Crippen LogP contribution in [0.4, 0.5) is 14.4 Å². The zero-order valence-corrected chi connectivity index (χ0v) is 41.1. The van der Waals surface area contributed by atoms with E-state index in [0.717, 1.165) is 29.8 Å². The monoisotopic (exact) mass is 953 g/mol. The van der Waals surface area contributed by atoms with Crippen molar-refractivity contribution < 1.29 is 62.2 Å². The van der Waals surface area contributed by atoms with Crippen molar-refractivity contribution in [3.63, 3.8) is 0 Å². The van der Waals surface area contributed by atoms with Gasteiger partial charge in [0.05, 0.1) is 45.9 Å². The Morgan fingerprint density at radius 3 is 2.29 bits per heavy atom. The van der Waals surface area contributed by atoms with Crippen molar-refractivity contribution >= 4 is 53.2 Å². The number of carbonyl (C=O) groups is 5. The first-order chi connectivity index (χ1) is 30.5. The van der Waals surface area contributed by atoms with E-state index in [1.165, 1.54) is 12.0 Å². The summed E-state index contributed by atoms with van der Waals surface area (Å²) in [7, 11) is 3.47. The fourth-order valence-electron chi connectivity index (χ4n) is 10.7. The minimum absolute atomic E-state index is 0.0455. The number of imide groups is 1. The highest BCUT2D eigenvalue weighted by Crippen LogP contribution is 2.44. The highest BCUT2D eigenvalue weighted by Gasteiger charge is 2.61. The molecule has 4 heterocycles. The maximum Gasteiger partial charge on any atom is 0.419 e. The molecule has 18 heteroatoms. The van der Waals surface area contributed by atoms with Crippen LogP contribution in [-0.4, -0.2) is 150 Å². The summed E-state index contributed by atoms with van der Waals surface area (Å²) >= 11 is 12.5. The fraction of sp³-hybridized carbons (Fsp3) is 0.766. The number of aliphatic hydroxyl groups excluding tert-OH is 1. The van der Waals surface area contributed by atoms with Crippen molar-refractivity contribution in [3.05, 3.63) is 33.8 Å². The Balaban J connectivity index is 1.42. The van der Waals surface area contributed by atoms with Gasteiger partial charge in [-0.1, -0.05) is 57.0 Å². The second-order valence-electron chi connectivity index (χ2n) is 19.7. The maximum absolute atomic E-state index is 15.0. The third-order valence-electron chi connectivity index (χ3n) is 14.6. The number of amides is 3. The van der Waals surface area contributed by atoms with Gasteiger partial charge in [-0.3, -0.25) is 14.5 Å². The van der Waals surface area contributed by atoms with E-state index in [1.807, 2.05) is 20.0 Å². The molecule has 1 aromatic carbocycles. The second-order valence-corrected chi connectivity index (χ2v) is 20.5. The van der Waals surface area contributed by atoms with Gasteiger partial charge >= 0.3 is 24.2 Å². The quantitative estimate of drug-likeness (QED) is 0.173. The molecule has 4 saturated heterocycles. The van der Waals surface area contributed by atoms with Gasteiger partial charge in [-0.05, 0) is 104 Å². The topological polar surface area (TPSA) is 180 Å². The Hall–Kier alpha value is -3.25. The van der Waals surface area contributed by atoms with Gasteiger partial charge in [-0.2, -0.15) is 0 Å². The molecule has 0 spiro atoms. The number of hydrogen-bond donors (Lipinski definition) is 1. The van der Waals surface area contributed by atoms with Gasteiger partial charge in [0.25, 0.3) is 0 Å². The van der Waals surface area contributed by atoms with Crippen molar-refractivity contribution in [2.75, 3.05) is 33.9 Å². The first-order valence-corrected chi connectivity index (χ1v) is 23.9. The number of Topliss-reactive ketones (excluding diaryl/α,β-unsaturated/α-hetero) is 1. The number of cyclic esters (lactones) is 2. The molecule has 0 unspecified atom stereocenters. The molecule has 16 nitrogen and oxygen atoms in total. The molecule has 5 aliphatic rings. The number of esters is 1. The van der Waals surface area contributed by atoms with Crippen LogP contribution in [0.2, 0.25) is 10.0 Å². The average Bonchev–Trinajstić information content (AvgIpc) is 3.95. The lowest BCUT2D eigenvalue weighted by Crippen LogP contribution is -2.61. The molecule has 0 bridgehead atoms. The number of methoxy groups -OCH3 is 1. The van der Waals surface area contributed by atoms with Gasteiger partial charge in [0.15, 0.2) is 11.9 Å². The first-order valence-electron chi connectivity index (χ1n) is 23.1. The molecule has 1 N–H and O–H groups in total. The molecule has 4 aliphatic heterocycles. The van der Waals surface area contributed by atoms with Crippen LogP contribution in [0.5, 0.6) is 0 Å². The second kappa shape index (κ2) is 20.5. The predicted molar refractivity (Wildman–Crippen MR) is 239 cm³/mol. The number of nitrogens with zero attached hydrogens (tertiary/aromatic N) is 3. The molecular weight excluding hydrogens is 885 g/mol. The summed E-state index contributed by atoms with van der Waals surface area (Å²) in [5.41, 5.74) is -2.09. The molecule has 1 aliphatic carbocycles. The minimum atomic E-state index is -1.52. The average molecular weight is 955 g/mol. The summed E-state index contributed by atoms with van der Waals surface area (Å²) in [5, 5.41) is 12.8. The van der Waals surface area contributed by atoms with Crippen LogP contribution < -0.4 is 0 Å². The summed E-state index contributed by atoms with van der Waals surface area (Å²) in [6.45, 7) is 16.5. The molecule has 65 heavy (non-hydrogen) atoms. The number of carbonyl (C=O) groups excluding carboxylic acids is 5. The number of aliphatic hydroxyl groups is 1. The van der Waals surface area contributed by atoms with Gasteiger partial charge in [0, 0.05) is 44.0 Å².